The van der Waals surface area contributed by atoms with Crippen molar-refractivity contribution in [2.75, 3.05) is 97.9 Å². The number of primary amides is 1. The number of aliphatic carboxylic acids is 1. The number of para-hydroxylation sites is 1. The van der Waals surface area contributed by atoms with E-state index in [-0.39, 0.29) is 135 Å². The monoisotopic (exact) mass is 1330 g/mol. The van der Waals surface area contributed by atoms with Crippen molar-refractivity contribution in [3.05, 3.63) is 48.2 Å². The summed E-state index contributed by atoms with van der Waals surface area (Å²) in [6.45, 7) is -0.804. The van der Waals surface area contributed by atoms with E-state index in [4.69, 9.17) is 24.7 Å². The second-order valence-corrected chi connectivity index (χ2v) is 23.5. The highest BCUT2D eigenvalue weighted by Gasteiger charge is 2.42. The Kier molecular flexibility index (Phi) is 34.2. The summed E-state index contributed by atoms with van der Waals surface area (Å²) >= 11 is 1.84. The van der Waals surface area contributed by atoms with Crippen LogP contribution in [-0.4, -0.2) is 237 Å². The molecule has 514 valence electrons. The summed E-state index contributed by atoms with van der Waals surface area (Å²) in [4.78, 5) is 166. The van der Waals surface area contributed by atoms with Crippen molar-refractivity contribution in [1.29, 1.82) is 0 Å². The van der Waals surface area contributed by atoms with Crippen LogP contribution in [0.5, 0.6) is 0 Å². The van der Waals surface area contributed by atoms with E-state index in [2.05, 4.69) is 58.2 Å². The van der Waals surface area contributed by atoms with E-state index >= 15 is 0 Å². The molecule has 0 spiro atoms. The minimum Gasteiger partial charge on any atom is -0.481 e. The zero-order valence-electron chi connectivity index (χ0n) is 52.1. The van der Waals surface area contributed by atoms with Gasteiger partial charge in [-0.3, -0.25) is 62.4 Å². The first kappa shape index (κ1) is 75.5. The third-order valence-electron chi connectivity index (χ3n) is 15.0. The Morgan fingerprint density at radius 2 is 1.19 bits per heavy atom. The maximum Gasteiger partial charge on any atom is 0.315 e. The summed E-state index contributed by atoms with van der Waals surface area (Å²) in [5.41, 5.74) is 7.42. The van der Waals surface area contributed by atoms with Crippen LogP contribution < -0.4 is 58.9 Å². The van der Waals surface area contributed by atoms with Crippen LogP contribution >= 0.6 is 11.8 Å². The van der Waals surface area contributed by atoms with Gasteiger partial charge in [-0.15, -0.1) is 0 Å². The molecule has 13 amide bonds. The van der Waals surface area contributed by atoms with Gasteiger partial charge < -0.3 is 93.0 Å². The van der Waals surface area contributed by atoms with Crippen LogP contribution in [0, 0.1) is 0 Å². The molecule has 3 aliphatic heterocycles. The molecule has 0 radical (unpaired) electrons. The molecule has 0 aliphatic carbocycles. The number of aliphatic hydroxyl groups is 1. The summed E-state index contributed by atoms with van der Waals surface area (Å²) in [7, 11) is 0. The lowest BCUT2D eigenvalue weighted by atomic mass is 10.0. The molecule has 15 N–H and O–H groups in total. The first-order valence-electron chi connectivity index (χ1n) is 31.3. The zero-order valence-corrected chi connectivity index (χ0v) is 52.9. The number of aliphatic hydroxyl groups excluding tert-OH is 1. The molecule has 3 aliphatic rings. The molecule has 2 fully saturated rings. The number of aryl methyl sites for hydroxylation is 1. The third kappa shape index (κ3) is 28.7. The number of urea groups is 1. The van der Waals surface area contributed by atoms with E-state index in [1.165, 1.54) is 0 Å². The molecule has 4 heterocycles. The molecule has 5 rings (SSSR count). The number of aromatic amines is 1. The number of rotatable bonds is 49. The van der Waals surface area contributed by atoms with Gasteiger partial charge in [0.1, 0.15) is 37.4 Å². The smallest absolute Gasteiger partial charge is 0.315 e. The number of carbonyl (C=O) groups excluding carboxylic acids is 12. The summed E-state index contributed by atoms with van der Waals surface area (Å²) in [6.07, 6.45) is 8.89. The second-order valence-electron chi connectivity index (χ2n) is 22.2. The number of ether oxygens (including phenoxy) is 4. The number of carbonyl (C=O) groups is 13. The molecule has 33 heteroatoms. The summed E-state index contributed by atoms with van der Waals surface area (Å²) < 4.78 is 21.5. The van der Waals surface area contributed by atoms with Crippen molar-refractivity contribution in [3.8, 4) is 0 Å². The molecule has 7 atom stereocenters. The average molecular weight is 1330 g/mol. The number of hydrogen-bond acceptors (Lipinski definition) is 19. The average Bonchev–Trinajstić information content (AvgIpc) is 1.70. The summed E-state index contributed by atoms with van der Waals surface area (Å²) in [6, 6.07) is 2.35. The van der Waals surface area contributed by atoms with Gasteiger partial charge in [-0.1, -0.05) is 24.6 Å². The van der Waals surface area contributed by atoms with Gasteiger partial charge in [0.15, 0.2) is 0 Å². The molecule has 1 aromatic heterocycles. The number of hydrogen-bond donors (Lipinski definition) is 14. The standard InChI is InChI=1S/C60H89N13O19S/c61-56(84)41(13-5-7-21-62-47(75)16-4-3-15-46-55-45(37-93-46)71-60(88)72-55)67-51(79)36-92-31-29-89-26-23-64-50(78)35-91-30-28-90-27-24-65-57(85)44(34-74)70-59(87)43(32-54(82)83)69-58(86)42(14-6-8-22-63-48(76)20-25-73-52(80)18-19-53(73)81)68-49(77)17-9-10-38-33-66-40-12-2-1-11-39(38)40/h1-2,11-12,18-19,33,41-46,55,66,74H,3-10,13-17,20-32,34-37H2,(H2,61,84)(H,62,75)(H,63,76)(H,64,78)(H,65,85)(H,67,79)(H,68,77)(H,69,86)(H,70,87)(H,82,83)(H2,71,72,88). The molecule has 32 nitrogen and oxygen atoms in total. The topological polar surface area (TPSA) is 465 Å². The molecule has 2 saturated heterocycles. The number of H-pyrrole nitrogens is 1. The van der Waals surface area contributed by atoms with E-state index in [0.29, 0.717) is 50.3 Å². The van der Waals surface area contributed by atoms with Gasteiger partial charge >= 0.3 is 12.0 Å². The minimum atomic E-state index is -1.76. The molecular weight excluding hydrogens is 1240 g/mol. The number of nitrogens with two attached hydrogens (primary N) is 1. The van der Waals surface area contributed by atoms with Gasteiger partial charge in [0.05, 0.1) is 64.8 Å². The Bertz CT molecular complexity index is 2860. The van der Waals surface area contributed by atoms with Gasteiger partial charge in [0.25, 0.3) is 11.8 Å². The second kappa shape index (κ2) is 42.1. The maximum atomic E-state index is 13.8. The fraction of sp³-hybridized carbons (Fsp3) is 0.617. The van der Waals surface area contributed by atoms with Gasteiger partial charge in [-0.05, 0) is 75.8 Å². The molecule has 0 saturated carbocycles. The first-order chi connectivity index (χ1) is 44.8. The Morgan fingerprint density at radius 1 is 0.602 bits per heavy atom. The molecule has 0 bridgehead atoms. The first-order valence-corrected chi connectivity index (χ1v) is 32.3. The van der Waals surface area contributed by atoms with Gasteiger partial charge in [0.2, 0.25) is 53.2 Å². The number of thioether (sulfide) groups is 1. The highest BCUT2D eigenvalue weighted by atomic mass is 32.2. The fourth-order valence-electron chi connectivity index (χ4n) is 10.1. The van der Waals surface area contributed by atoms with Crippen molar-refractivity contribution in [3.63, 3.8) is 0 Å². The lowest BCUT2D eigenvalue weighted by Gasteiger charge is -2.24. The number of carboxylic acid groups (broad SMARTS) is 1. The van der Waals surface area contributed by atoms with Gasteiger partial charge in [0, 0.05) is 92.2 Å². The van der Waals surface area contributed by atoms with E-state index in [0.717, 1.165) is 58.5 Å². The quantitative estimate of drug-likeness (QED) is 0.0182. The number of fused-ring (bicyclic) bond motifs is 2. The van der Waals surface area contributed by atoms with Crippen LogP contribution in [0.15, 0.2) is 42.6 Å². The van der Waals surface area contributed by atoms with Crippen LogP contribution in [0.4, 0.5) is 4.79 Å². The largest absolute Gasteiger partial charge is 0.481 e. The molecular formula is C60H89N13O19S. The Morgan fingerprint density at radius 3 is 1.87 bits per heavy atom. The predicted molar refractivity (Wildman–Crippen MR) is 335 cm³/mol. The predicted octanol–water partition coefficient (Wildman–Crippen LogP) is -2.71. The van der Waals surface area contributed by atoms with E-state index in [1.54, 1.807) is 0 Å². The number of amides is 13. The Balaban J connectivity index is 0.882. The minimum absolute atomic E-state index is 0.000657. The highest BCUT2D eigenvalue weighted by Crippen LogP contribution is 2.33. The molecule has 93 heavy (non-hydrogen) atoms. The summed E-state index contributed by atoms with van der Waals surface area (Å²) in [5.74, 6) is -7.18. The normalized spacial score (nSPS) is 16.9. The van der Waals surface area contributed by atoms with Crippen molar-refractivity contribution < 1.29 is 91.5 Å². The van der Waals surface area contributed by atoms with E-state index < -0.39 is 102 Å². The Labute approximate surface area is 541 Å². The number of nitrogens with one attached hydrogen (secondary N) is 11. The van der Waals surface area contributed by atoms with Crippen LogP contribution in [-0.2, 0) is 82.9 Å². The number of nitrogens with zero attached hydrogens (tertiary/aromatic N) is 1. The lowest BCUT2D eigenvalue weighted by molar-refractivity contribution is -0.141. The number of benzene rings is 1. The van der Waals surface area contributed by atoms with Crippen molar-refractivity contribution in [2.45, 2.75) is 138 Å². The Hall–Kier alpha value is -8.24. The third-order valence-corrected chi connectivity index (χ3v) is 16.5. The van der Waals surface area contributed by atoms with Gasteiger partial charge in [-0.25, -0.2) is 4.79 Å². The molecule has 7 unspecified atom stereocenters. The maximum absolute atomic E-state index is 13.8. The SMILES string of the molecule is NC(=O)C(CCCCNC(=O)CCCCC1SCC2NC(=O)NC21)NC(=O)COCCOCCNC(=O)COCCOCCNC(=O)C(CO)NC(=O)C(CC(=O)O)NC(=O)C(CCCCNC(=O)CCN1C(=O)C=CC1=O)NC(=O)CCCc1c[nH]c2ccccc12. The number of carboxylic acids is 1. The fourth-order valence-corrected chi connectivity index (χ4v) is 11.7. The zero-order chi connectivity index (χ0) is 67.3. The van der Waals surface area contributed by atoms with Crippen LogP contribution in [0.1, 0.15) is 95.5 Å². The van der Waals surface area contributed by atoms with Crippen molar-refractivity contribution in [2.24, 2.45) is 5.73 Å². The van der Waals surface area contributed by atoms with Crippen molar-refractivity contribution >= 4 is 99.6 Å². The highest BCUT2D eigenvalue weighted by molar-refractivity contribution is 8.00. The van der Waals surface area contributed by atoms with E-state index in [9.17, 15) is 72.5 Å². The number of aromatic nitrogens is 1. The molecule has 2 aromatic rings. The van der Waals surface area contributed by atoms with Crippen molar-refractivity contribution in [1.82, 2.24) is 63.1 Å². The van der Waals surface area contributed by atoms with Crippen LogP contribution in [0.3, 0.4) is 0 Å². The lowest BCUT2D eigenvalue weighted by Crippen LogP contribution is -2.58. The number of unbranched alkanes of at least 4 members (excludes halogenated alkanes) is 3. The summed E-state index contributed by atoms with van der Waals surface area (Å²) in [5, 5.41) is 47.4. The van der Waals surface area contributed by atoms with Gasteiger partial charge in [-0.2, -0.15) is 11.8 Å². The van der Waals surface area contributed by atoms with E-state index in [1.807, 2.05) is 42.2 Å². The molecule has 1 aromatic carbocycles. The van der Waals surface area contributed by atoms with Crippen LogP contribution in [0.2, 0.25) is 0 Å². The van der Waals surface area contributed by atoms with Crippen LogP contribution in [0.25, 0.3) is 10.9 Å². The number of imide groups is 1.